The van der Waals surface area contributed by atoms with Crippen molar-refractivity contribution in [2.45, 2.75) is 19.3 Å². The highest BCUT2D eigenvalue weighted by molar-refractivity contribution is 7.09. The average molecular weight is 378 g/mol. The van der Waals surface area contributed by atoms with Crippen LogP contribution in [0.5, 0.6) is 0 Å². The predicted octanol–water partition coefficient (Wildman–Crippen LogP) is 4.96. The molecule has 1 saturated heterocycles. The van der Waals surface area contributed by atoms with Gasteiger partial charge in [0.2, 0.25) is 0 Å². The molecule has 0 saturated carbocycles. The Morgan fingerprint density at radius 3 is 2.26 bits per heavy atom. The van der Waals surface area contributed by atoms with Crippen molar-refractivity contribution in [2.75, 3.05) is 37.6 Å². The Balaban J connectivity index is 1.17. The first kappa shape index (κ1) is 18.2. The standard InChI is InChI=1S/C23H27N3S/c1-3-9-20(10-4-1)22-19-27-23(24-22)13-7-8-14-25-15-17-26(18-16-25)21-11-5-2-6-12-21/h1-6,9-12,19H,7-8,13-18H2. The Kier molecular flexibility index (Phi) is 6.17. The largest absolute Gasteiger partial charge is 0.369 e. The Hall–Kier alpha value is -2.17. The van der Waals surface area contributed by atoms with E-state index in [0.29, 0.717) is 0 Å². The summed E-state index contributed by atoms with van der Waals surface area (Å²) in [6, 6.07) is 21.2. The minimum atomic E-state index is 1.10. The molecule has 2 heterocycles. The summed E-state index contributed by atoms with van der Waals surface area (Å²) in [7, 11) is 0. The third-order valence-corrected chi connectivity index (χ3v) is 6.14. The normalized spacial score (nSPS) is 15.2. The summed E-state index contributed by atoms with van der Waals surface area (Å²) in [6.07, 6.45) is 3.58. The Morgan fingerprint density at radius 1 is 0.815 bits per heavy atom. The number of anilines is 1. The lowest BCUT2D eigenvalue weighted by Crippen LogP contribution is -2.46. The van der Waals surface area contributed by atoms with Crippen LogP contribution in [0.4, 0.5) is 5.69 Å². The molecular weight excluding hydrogens is 350 g/mol. The molecule has 4 rings (SSSR count). The van der Waals surface area contributed by atoms with Crippen LogP contribution in [0.15, 0.2) is 66.0 Å². The first-order chi connectivity index (χ1) is 13.4. The van der Waals surface area contributed by atoms with E-state index in [4.69, 9.17) is 4.98 Å². The van der Waals surface area contributed by atoms with E-state index in [2.05, 4.69) is 75.8 Å². The minimum Gasteiger partial charge on any atom is -0.369 e. The summed E-state index contributed by atoms with van der Waals surface area (Å²) in [5, 5.41) is 3.45. The molecule has 0 spiro atoms. The van der Waals surface area contributed by atoms with Crippen molar-refractivity contribution in [3.63, 3.8) is 0 Å². The van der Waals surface area contributed by atoms with E-state index in [1.807, 2.05) is 0 Å². The maximum absolute atomic E-state index is 4.81. The molecule has 4 heteroatoms. The molecule has 1 aromatic heterocycles. The van der Waals surface area contributed by atoms with Crippen molar-refractivity contribution < 1.29 is 0 Å². The summed E-state index contributed by atoms with van der Waals surface area (Å²) in [5.41, 5.74) is 3.69. The number of nitrogens with zero attached hydrogens (tertiary/aromatic N) is 3. The van der Waals surface area contributed by atoms with E-state index in [1.54, 1.807) is 11.3 Å². The highest BCUT2D eigenvalue weighted by Crippen LogP contribution is 2.22. The van der Waals surface area contributed by atoms with Crippen LogP contribution in [-0.4, -0.2) is 42.6 Å². The first-order valence-corrected chi connectivity index (χ1v) is 10.8. The van der Waals surface area contributed by atoms with Crippen LogP contribution < -0.4 is 4.90 Å². The van der Waals surface area contributed by atoms with Crippen LogP contribution >= 0.6 is 11.3 Å². The van der Waals surface area contributed by atoms with Gasteiger partial charge in [0.15, 0.2) is 0 Å². The van der Waals surface area contributed by atoms with Gasteiger partial charge in [0, 0.05) is 42.8 Å². The van der Waals surface area contributed by atoms with Crippen molar-refractivity contribution >= 4 is 17.0 Å². The number of rotatable bonds is 7. The fourth-order valence-corrected chi connectivity index (χ4v) is 4.50. The molecule has 0 aliphatic carbocycles. The van der Waals surface area contributed by atoms with E-state index < -0.39 is 0 Å². The van der Waals surface area contributed by atoms with Gasteiger partial charge in [-0.3, -0.25) is 4.90 Å². The lowest BCUT2D eigenvalue weighted by Gasteiger charge is -2.36. The molecule has 0 amide bonds. The van der Waals surface area contributed by atoms with Crippen LogP contribution in [0, 0.1) is 0 Å². The third-order valence-electron chi connectivity index (χ3n) is 5.23. The number of piperazine rings is 1. The van der Waals surface area contributed by atoms with Crippen molar-refractivity contribution in [2.24, 2.45) is 0 Å². The number of hydrogen-bond acceptors (Lipinski definition) is 4. The van der Waals surface area contributed by atoms with Gasteiger partial charge >= 0.3 is 0 Å². The lowest BCUT2D eigenvalue weighted by molar-refractivity contribution is 0.253. The third kappa shape index (κ3) is 4.96. The van der Waals surface area contributed by atoms with Crippen LogP contribution in [0.2, 0.25) is 0 Å². The van der Waals surface area contributed by atoms with Crippen molar-refractivity contribution in [3.8, 4) is 11.3 Å². The minimum absolute atomic E-state index is 1.10. The second-order valence-electron chi connectivity index (χ2n) is 7.11. The zero-order valence-electron chi connectivity index (χ0n) is 15.8. The van der Waals surface area contributed by atoms with Gasteiger partial charge in [-0.2, -0.15) is 0 Å². The summed E-state index contributed by atoms with van der Waals surface area (Å²) in [6.45, 7) is 5.82. The molecule has 1 aliphatic heterocycles. The number of aromatic nitrogens is 1. The summed E-state index contributed by atoms with van der Waals surface area (Å²) in [5.74, 6) is 0. The van der Waals surface area contributed by atoms with Gasteiger partial charge in [-0.15, -0.1) is 11.3 Å². The zero-order chi connectivity index (χ0) is 18.3. The fraction of sp³-hybridized carbons (Fsp3) is 0.348. The number of hydrogen-bond donors (Lipinski definition) is 0. The number of unbranched alkanes of at least 4 members (excludes halogenated alkanes) is 1. The smallest absolute Gasteiger partial charge is 0.0932 e. The molecule has 2 aromatic carbocycles. The molecule has 0 unspecified atom stereocenters. The molecule has 1 fully saturated rings. The lowest BCUT2D eigenvalue weighted by atomic mass is 10.2. The van der Waals surface area contributed by atoms with Gasteiger partial charge in [0.05, 0.1) is 10.7 Å². The average Bonchev–Trinajstić information content (AvgIpc) is 3.22. The van der Waals surface area contributed by atoms with E-state index in [1.165, 1.54) is 48.7 Å². The predicted molar refractivity (Wildman–Crippen MR) is 116 cm³/mol. The molecule has 0 atom stereocenters. The van der Waals surface area contributed by atoms with Crippen LogP contribution in [0.1, 0.15) is 17.8 Å². The fourth-order valence-electron chi connectivity index (χ4n) is 3.65. The summed E-state index contributed by atoms with van der Waals surface area (Å²) >= 11 is 1.80. The number of para-hydroxylation sites is 1. The maximum Gasteiger partial charge on any atom is 0.0932 e. The highest BCUT2D eigenvalue weighted by Gasteiger charge is 2.16. The molecule has 27 heavy (non-hydrogen) atoms. The quantitative estimate of drug-likeness (QED) is 0.543. The van der Waals surface area contributed by atoms with Gasteiger partial charge in [-0.25, -0.2) is 4.98 Å². The van der Waals surface area contributed by atoms with Gasteiger partial charge in [0.25, 0.3) is 0 Å². The molecule has 3 nitrogen and oxygen atoms in total. The van der Waals surface area contributed by atoms with Gasteiger partial charge in [-0.1, -0.05) is 48.5 Å². The molecule has 3 aromatic rings. The van der Waals surface area contributed by atoms with Crippen molar-refractivity contribution in [3.05, 3.63) is 71.1 Å². The molecular formula is C23H27N3S. The number of thiazole rings is 1. The van der Waals surface area contributed by atoms with Crippen LogP contribution in [0.25, 0.3) is 11.3 Å². The molecule has 0 bridgehead atoms. The van der Waals surface area contributed by atoms with E-state index in [0.717, 1.165) is 25.2 Å². The van der Waals surface area contributed by atoms with Gasteiger partial charge < -0.3 is 4.90 Å². The van der Waals surface area contributed by atoms with E-state index in [9.17, 15) is 0 Å². The SMILES string of the molecule is c1ccc(-c2csc(CCCCN3CCN(c4ccccc4)CC3)n2)cc1. The summed E-state index contributed by atoms with van der Waals surface area (Å²) in [4.78, 5) is 9.91. The Bertz CT molecular complexity index is 808. The molecule has 1 aliphatic rings. The number of aryl methyl sites for hydroxylation is 1. The molecule has 140 valence electrons. The van der Waals surface area contributed by atoms with Crippen LogP contribution in [0.3, 0.4) is 0 Å². The molecule has 0 radical (unpaired) electrons. The monoisotopic (exact) mass is 377 g/mol. The number of benzene rings is 2. The molecule has 0 N–H and O–H groups in total. The van der Waals surface area contributed by atoms with Crippen molar-refractivity contribution in [1.29, 1.82) is 0 Å². The summed E-state index contributed by atoms with van der Waals surface area (Å²) < 4.78 is 0. The van der Waals surface area contributed by atoms with E-state index >= 15 is 0 Å². The van der Waals surface area contributed by atoms with E-state index in [-0.39, 0.29) is 0 Å². The highest BCUT2D eigenvalue weighted by atomic mass is 32.1. The zero-order valence-corrected chi connectivity index (χ0v) is 16.6. The second-order valence-corrected chi connectivity index (χ2v) is 8.06. The maximum atomic E-state index is 4.81. The van der Waals surface area contributed by atoms with Crippen LogP contribution in [-0.2, 0) is 6.42 Å². The van der Waals surface area contributed by atoms with Gasteiger partial charge in [0.1, 0.15) is 0 Å². The van der Waals surface area contributed by atoms with Crippen molar-refractivity contribution in [1.82, 2.24) is 9.88 Å². The topological polar surface area (TPSA) is 19.4 Å². The Morgan fingerprint density at radius 2 is 1.52 bits per heavy atom. The first-order valence-electron chi connectivity index (χ1n) is 9.91. The Labute approximate surface area is 166 Å². The van der Waals surface area contributed by atoms with Gasteiger partial charge in [-0.05, 0) is 37.9 Å². The second kappa shape index (κ2) is 9.16.